The number of non-ortho nitro benzene ring substituents is 1. The van der Waals surface area contributed by atoms with E-state index < -0.39 is 0 Å². The average molecular weight is 304 g/mol. The zero-order valence-corrected chi connectivity index (χ0v) is 13.3. The van der Waals surface area contributed by atoms with Gasteiger partial charge in [0.25, 0.3) is 5.69 Å². The van der Waals surface area contributed by atoms with Gasteiger partial charge in [-0.1, -0.05) is 13.3 Å². The summed E-state index contributed by atoms with van der Waals surface area (Å²) in [5.74, 6) is 0.888. The summed E-state index contributed by atoms with van der Waals surface area (Å²) in [5, 5.41) is 10.7. The number of nitrogens with zero attached hydrogens (tertiary/aromatic N) is 2. The van der Waals surface area contributed by atoms with Crippen molar-refractivity contribution in [1.82, 2.24) is 0 Å². The lowest BCUT2D eigenvalue weighted by Gasteiger charge is -2.40. The second kappa shape index (κ2) is 6.65. The van der Waals surface area contributed by atoms with E-state index in [4.69, 9.17) is 0 Å². The third-order valence-corrected chi connectivity index (χ3v) is 5.35. The van der Waals surface area contributed by atoms with E-state index in [-0.39, 0.29) is 10.6 Å². The molecule has 1 aromatic rings. The summed E-state index contributed by atoms with van der Waals surface area (Å²) in [4.78, 5) is 14.5. The molecular formula is C17H26N3O2+. The Morgan fingerprint density at radius 3 is 2.45 bits per heavy atom. The van der Waals surface area contributed by atoms with Gasteiger partial charge >= 0.3 is 0 Å². The van der Waals surface area contributed by atoms with Gasteiger partial charge < -0.3 is 9.80 Å². The van der Waals surface area contributed by atoms with Crippen LogP contribution in [0.15, 0.2) is 24.3 Å². The highest BCUT2D eigenvalue weighted by Gasteiger charge is 2.30. The van der Waals surface area contributed by atoms with Gasteiger partial charge in [-0.3, -0.25) is 10.1 Å². The summed E-state index contributed by atoms with van der Waals surface area (Å²) in [6, 6.07) is 7.83. The lowest BCUT2D eigenvalue weighted by atomic mass is 9.86. The van der Waals surface area contributed by atoms with Gasteiger partial charge in [-0.05, 0) is 30.9 Å². The molecule has 1 aliphatic carbocycles. The first-order chi connectivity index (χ1) is 10.6. The fraction of sp³-hybridized carbons (Fsp3) is 0.647. The fourth-order valence-corrected chi connectivity index (χ4v) is 4.05. The standard InChI is InChI=1S/C17H25N3O2/c1-14-3-2-4-17(13-14)19-11-9-18(10-12-19)15-5-7-16(8-6-15)20(21)22/h5-8,14,17H,2-4,9-13H2,1H3/p+1/t14-,17-/m0/s1. The molecule has 1 heterocycles. The van der Waals surface area contributed by atoms with Crippen LogP contribution >= 0.6 is 0 Å². The van der Waals surface area contributed by atoms with E-state index in [1.54, 1.807) is 17.0 Å². The predicted octanol–water partition coefficient (Wildman–Crippen LogP) is 1.88. The van der Waals surface area contributed by atoms with Crippen molar-refractivity contribution in [3.8, 4) is 0 Å². The molecule has 2 atom stereocenters. The minimum absolute atomic E-state index is 0.171. The molecule has 0 radical (unpaired) electrons. The summed E-state index contributed by atoms with van der Waals surface area (Å²) in [5.41, 5.74) is 1.28. The number of hydrogen-bond donors (Lipinski definition) is 1. The minimum Gasteiger partial charge on any atom is -0.360 e. The second-order valence-corrected chi connectivity index (χ2v) is 6.89. The highest BCUT2D eigenvalue weighted by atomic mass is 16.6. The Balaban J connectivity index is 1.56. The van der Waals surface area contributed by atoms with Crippen molar-refractivity contribution in [2.75, 3.05) is 31.1 Å². The molecule has 120 valence electrons. The maximum absolute atomic E-state index is 10.7. The van der Waals surface area contributed by atoms with Crippen LogP contribution in [-0.2, 0) is 0 Å². The molecule has 5 nitrogen and oxygen atoms in total. The third kappa shape index (κ3) is 3.40. The Hall–Kier alpha value is -1.62. The summed E-state index contributed by atoms with van der Waals surface area (Å²) in [7, 11) is 0. The lowest BCUT2D eigenvalue weighted by molar-refractivity contribution is -0.927. The Morgan fingerprint density at radius 2 is 1.86 bits per heavy atom. The third-order valence-electron chi connectivity index (χ3n) is 5.35. The molecule has 0 bridgehead atoms. The highest BCUT2D eigenvalue weighted by molar-refractivity contribution is 5.50. The van der Waals surface area contributed by atoms with Gasteiger partial charge in [0, 0.05) is 24.2 Å². The first-order valence-electron chi connectivity index (χ1n) is 8.47. The number of hydrogen-bond acceptors (Lipinski definition) is 3. The lowest BCUT2D eigenvalue weighted by Crippen LogP contribution is -3.18. The normalized spacial score (nSPS) is 26.9. The Morgan fingerprint density at radius 1 is 1.18 bits per heavy atom. The molecule has 2 aliphatic rings. The van der Waals surface area contributed by atoms with Crippen LogP contribution in [0.5, 0.6) is 0 Å². The van der Waals surface area contributed by atoms with E-state index in [0.717, 1.165) is 30.7 Å². The molecule has 22 heavy (non-hydrogen) atoms. The van der Waals surface area contributed by atoms with E-state index in [0.29, 0.717) is 0 Å². The number of anilines is 1. The molecule has 0 aromatic heterocycles. The van der Waals surface area contributed by atoms with Gasteiger partial charge in [0.05, 0.1) is 37.1 Å². The van der Waals surface area contributed by atoms with Gasteiger partial charge in [-0.15, -0.1) is 0 Å². The zero-order chi connectivity index (χ0) is 15.5. The molecule has 1 N–H and O–H groups in total. The Bertz CT molecular complexity index is 509. The van der Waals surface area contributed by atoms with Gasteiger partial charge in [-0.25, -0.2) is 0 Å². The highest BCUT2D eigenvalue weighted by Crippen LogP contribution is 2.23. The largest absolute Gasteiger partial charge is 0.360 e. The summed E-state index contributed by atoms with van der Waals surface area (Å²) in [6.07, 6.45) is 5.56. The summed E-state index contributed by atoms with van der Waals surface area (Å²) >= 11 is 0. The molecule has 2 fully saturated rings. The van der Waals surface area contributed by atoms with Crippen LogP contribution in [0.2, 0.25) is 0 Å². The maximum atomic E-state index is 10.7. The molecule has 1 saturated carbocycles. The van der Waals surface area contributed by atoms with Crippen LogP contribution < -0.4 is 9.80 Å². The number of quaternary nitrogens is 1. The van der Waals surface area contributed by atoms with Crippen molar-refractivity contribution in [3.63, 3.8) is 0 Å². The molecule has 0 amide bonds. The van der Waals surface area contributed by atoms with Crippen molar-refractivity contribution in [1.29, 1.82) is 0 Å². The van der Waals surface area contributed by atoms with Gasteiger partial charge in [0.1, 0.15) is 0 Å². The number of benzene rings is 1. The number of piperazine rings is 1. The van der Waals surface area contributed by atoms with Gasteiger partial charge in [-0.2, -0.15) is 0 Å². The molecule has 1 aromatic carbocycles. The van der Waals surface area contributed by atoms with E-state index in [9.17, 15) is 10.1 Å². The first-order valence-corrected chi connectivity index (χ1v) is 8.47. The number of nitro benzene ring substituents is 1. The fourth-order valence-electron chi connectivity index (χ4n) is 4.05. The number of nitro groups is 1. The van der Waals surface area contributed by atoms with Crippen molar-refractivity contribution >= 4 is 11.4 Å². The number of nitrogens with one attached hydrogen (secondary N) is 1. The van der Waals surface area contributed by atoms with E-state index in [1.165, 1.54) is 38.8 Å². The van der Waals surface area contributed by atoms with Crippen LogP contribution in [0.4, 0.5) is 11.4 Å². The van der Waals surface area contributed by atoms with Crippen LogP contribution in [0.3, 0.4) is 0 Å². The monoisotopic (exact) mass is 304 g/mol. The summed E-state index contributed by atoms with van der Waals surface area (Å²) in [6.45, 7) is 6.87. The molecule has 0 unspecified atom stereocenters. The van der Waals surface area contributed by atoms with Crippen molar-refractivity contribution in [2.45, 2.75) is 38.6 Å². The smallest absolute Gasteiger partial charge is 0.269 e. The maximum Gasteiger partial charge on any atom is 0.269 e. The Kier molecular flexibility index (Phi) is 4.62. The molecular weight excluding hydrogens is 278 g/mol. The number of rotatable bonds is 3. The minimum atomic E-state index is -0.337. The average Bonchev–Trinajstić information content (AvgIpc) is 2.55. The van der Waals surface area contributed by atoms with Crippen LogP contribution in [0.1, 0.15) is 32.6 Å². The van der Waals surface area contributed by atoms with E-state index in [1.807, 2.05) is 12.1 Å². The predicted molar refractivity (Wildman–Crippen MR) is 87.4 cm³/mol. The molecule has 1 saturated heterocycles. The first kappa shape index (κ1) is 15.3. The van der Waals surface area contributed by atoms with Crippen molar-refractivity contribution < 1.29 is 9.82 Å². The van der Waals surface area contributed by atoms with Gasteiger partial charge in [0.2, 0.25) is 0 Å². The molecule has 0 spiro atoms. The van der Waals surface area contributed by atoms with Crippen LogP contribution in [0, 0.1) is 16.0 Å². The quantitative estimate of drug-likeness (QED) is 0.685. The Labute approximate surface area is 132 Å². The topological polar surface area (TPSA) is 50.8 Å². The van der Waals surface area contributed by atoms with E-state index in [2.05, 4.69) is 11.8 Å². The molecule has 3 rings (SSSR count). The van der Waals surface area contributed by atoms with Crippen molar-refractivity contribution in [2.24, 2.45) is 5.92 Å². The van der Waals surface area contributed by atoms with Gasteiger partial charge in [0.15, 0.2) is 0 Å². The zero-order valence-electron chi connectivity index (χ0n) is 13.3. The van der Waals surface area contributed by atoms with E-state index >= 15 is 0 Å². The van der Waals surface area contributed by atoms with Crippen LogP contribution in [0.25, 0.3) is 0 Å². The van der Waals surface area contributed by atoms with Crippen molar-refractivity contribution in [3.05, 3.63) is 34.4 Å². The second-order valence-electron chi connectivity index (χ2n) is 6.89. The molecule has 1 aliphatic heterocycles. The SMILES string of the molecule is C[C@H]1CCC[C@H]([NH+]2CCN(c3ccc([N+](=O)[O-])cc3)CC2)C1. The summed E-state index contributed by atoms with van der Waals surface area (Å²) < 4.78 is 0. The molecule has 5 heteroatoms. The van der Waals surface area contributed by atoms with Crippen LogP contribution in [-0.4, -0.2) is 37.1 Å².